The number of likely N-dealkylation sites (tertiary alicyclic amines) is 1. The number of hydrogen-bond donors (Lipinski definition) is 0. The Morgan fingerprint density at radius 3 is 1.89 bits per heavy atom. The first-order valence-corrected chi connectivity index (χ1v) is 12.8. The number of hydrogen-bond acceptors (Lipinski definition) is 4. The van der Waals surface area contributed by atoms with Gasteiger partial charge in [-0.1, -0.05) is 103 Å². The highest BCUT2D eigenvalue weighted by Crippen LogP contribution is 2.29. The summed E-state index contributed by atoms with van der Waals surface area (Å²) in [5.41, 5.74) is 3.44. The summed E-state index contributed by atoms with van der Waals surface area (Å²) in [4.78, 5) is 32.6. The van der Waals surface area contributed by atoms with E-state index in [9.17, 15) is 9.59 Å². The minimum atomic E-state index is -0.341. The molecule has 0 aromatic heterocycles. The summed E-state index contributed by atoms with van der Waals surface area (Å²) in [5.74, 6) is -0.142. The third-order valence-electron chi connectivity index (χ3n) is 7.31. The van der Waals surface area contributed by atoms with E-state index < -0.39 is 0 Å². The molecule has 2 heterocycles. The van der Waals surface area contributed by atoms with Gasteiger partial charge in [0.2, 0.25) is 11.8 Å². The molecule has 0 radical (unpaired) electrons. The molecule has 0 saturated carbocycles. The Labute approximate surface area is 213 Å². The minimum absolute atomic E-state index is 0.0349. The van der Waals surface area contributed by atoms with E-state index in [1.165, 1.54) is 10.5 Å². The first-order chi connectivity index (χ1) is 17.7. The van der Waals surface area contributed by atoms with Crippen LogP contribution in [0.5, 0.6) is 0 Å². The lowest BCUT2D eigenvalue weighted by Crippen LogP contribution is -2.52. The third kappa shape index (κ3) is 5.64. The van der Waals surface area contributed by atoms with Crippen LogP contribution in [0.4, 0.5) is 0 Å². The highest BCUT2D eigenvalue weighted by molar-refractivity contribution is 6.05. The summed E-state index contributed by atoms with van der Waals surface area (Å²) in [7, 11) is 0. The van der Waals surface area contributed by atoms with Crippen molar-refractivity contribution in [3.8, 4) is 0 Å². The molecule has 0 spiro atoms. The Balaban J connectivity index is 1.20. The van der Waals surface area contributed by atoms with Crippen LogP contribution in [0.25, 0.3) is 6.08 Å². The van der Waals surface area contributed by atoms with Crippen molar-refractivity contribution in [2.45, 2.75) is 18.4 Å². The molecule has 2 amide bonds. The van der Waals surface area contributed by atoms with E-state index in [0.29, 0.717) is 6.54 Å². The molecule has 1 unspecified atom stereocenters. The highest BCUT2D eigenvalue weighted by atomic mass is 16.2. The van der Waals surface area contributed by atoms with Gasteiger partial charge in [0.15, 0.2) is 0 Å². The van der Waals surface area contributed by atoms with Crippen molar-refractivity contribution in [2.75, 3.05) is 39.3 Å². The van der Waals surface area contributed by atoms with E-state index in [2.05, 4.69) is 58.4 Å². The number of amides is 2. The molecule has 0 N–H and O–H groups in total. The Hall–Kier alpha value is -3.54. The highest BCUT2D eigenvalue weighted by Gasteiger charge is 2.43. The fourth-order valence-electron chi connectivity index (χ4n) is 5.26. The van der Waals surface area contributed by atoms with E-state index in [1.807, 2.05) is 54.6 Å². The Bertz CT molecular complexity index is 1130. The lowest BCUT2D eigenvalue weighted by atomic mass is 9.91. The molecule has 2 saturated heterocycles. The van der Waals surface area contributed by atoms with Gasteiger partial charge in [0.25, 0.3) is 0 Å². The van der Waals surface area contributed by atoms with Gasteiger partial charge in [-0.3, -0.25) is 24.3 Å². The van der Waals surface area contributed by atoms with E-state index in [0.717, 1.165) is 43.9 Å². The van der Waals surface area contributed by atoms with Crippen LogP contribution >= 0.6 is 0 Å². The predicted molar refractivity (Wildman–Crippen MR) is 143 cm³/mol. The molecule has 5 nitrogen and oxygen atoms in total. The van der Waals surface area contributed by atoms with Crippen molar-refractivity contribution in [1.29, 1.82) is 0 Å². The maximum atomic E-state index is 13.5. The van der Waals surface area contributed by atoms with Gasteiger partial charge in [-0.15, -0.1) is 0 Å². The summed E-state index contributed by atoms with van der Waals surface area (Å²) in [6, 6.07) is 30.3. The van der Waals surface area contributed by atoms with Crippen molar-refractivity contribution < 1.29 is 9.59 Å². The maximum Gasteiger partial charge on any atom is 0.247 e. The zero-order chi connectivity index (χ0) is 24.7. The van der Waals surface area contributed by atoms with Crippen LogP contribution in [0.15, 0.2) is 97.1 Å². The van der Waals surface area contributed by atoms with Crippen LogP contribution in [0.2, 0.25) is 0 Å². The van der Waals surface area contributed by atoms with Crippen molar-refractivity contribution in [1.82, 2.24) is 14.7 Å². The van der Waals surface area contributed by atoms with Crippen LogP contribution in [-0.2, 0) is 9.59 Å². The van der Waals surface area contributed by atoms with E-state index in [4.69, 9.17) is 0 Å². The number of rotatable bonds is 8. The van der Waals surface area contributed by atoms with Gasteiger partial charge in [-0.05, 0) is 16.7 Å². The maximum absolute atomic E-state index is 13.5. The Morgan fingerprint density at radius 1 is 0.750 bits per heavy atom. The summed E-state index contributed by atoms with van der Waals surface area (Å²) < 4.78 is 0. The van der Waals surface area contributed by atoms with E-state index >= 15 is 0 Å². The van der Waals surface area contributed by atoms with Crippen LogP contribution in [0.3, 0.4) is 0 Å². The minimum Gasteiger partial charge on any atom is -0.297 e. The molecule has 5 rings (SSSR count). The number of imide groups is 1. The second kappa shape index (κ2) is 11.5. The smallest absolute Gasteiger partial charge is 0.247 e. The topological polar surface area (TPSA) is 43.9 Å². The molecule has 2 aliphatic rings. The lowest BCUT2D eigenvalue weighted by Gasteiger charge is -2.36. The average Bonchev–Trinajstić information content (AvgIpc) is 3.22. The molecule has 184 valence electrons. The van der Waals surface area contributed by atoms with Crippen molar-refractivity contribution in [3.05, 3.63) is 114 Å². The lowest BCUT2D eigenvalue weighted by molar-refractivity contribution is -0.140. The van der Waals surface area contributed by atoms with E-state index in [-0.39, 0.29) is 30.2 Å². The summed E-state index contributed by atoms with van der Waals surface area (Å²) in [5, 5.41) is 0. The SMILES string of the molecule is O=C1CC(N2CCN(C/C=C/c3ccccc3)CC2)C(=O)N1CC(c1ccccc1)c1ccccc1. The molecule has 3 aromatic rings. The third-order valence-corrected chi connectivity index (χ3v) is 7.31. The van der Waals surface area contributed by atoms with Crippen LogP contribution < -0.4 is 0 Å². The second-order valence-electron chi connectivity index (χ2n) is 9.59. The number of piperazine rings is 1. The number of carbonyl (C=O) groups is 2. The van der Waals surface area contributed by atoms with Gasteiger partial charge >= 0.3 is 0 Å². The van der Waals surface area contributed by atoms with Crippen molar-refractivity contribution in [2.24, 2.45) is 0 Å². The monoisotopic (exact) mass is 479 g/mol. The molecule has 2 fully saturated rings. The van der Waals surface area contributed by atoms with E-state index in [1.54, 1.807) is 0 Å². The summed E-state index contributed by atoms with van der Waals surface area (Å²) >= 11 is 0. The van der Waals surface area contributed by atoms with Crippen LogP contribution in [-0.4, -0.2) is 71.8 Å². The Morgan fingerprint density at radius 2 is 1.31 bits per heavy atom. The molecular formula is C31H33N3O2. The quantitative estimate of drug-likeness (QED) is 0.453. The summed E-state index contributed by atoms with van der Waals surface area (Å²) in [6.45, 7) is 4.67. The van der Waals surface area contributed by atoms with Crippen molar-refractivity contribution >= 4 is 17.9 Å². The number of benzene rings is 3. The average molecular weight is 480 g/mol. The zero-order valence-corrected chi connectivity index (χ0v) is 20.6. The fourth-order valence-corrected chi connectivity index (χ4v) is 5.26. The first-order valence-electron chi connectivity index (χ1n) is 12.8. The van der Waals surface area contributed by atoms with Gasteiger partial charge in [0, 0.05) is 45.2 Å². The molecule has 3 aromatic carbocycles. The normalized spacial score (nSPS) is 19.6. The second-order valence-corrected chi connectivity index (χ2v) is 9.59. The Kier molecular flexibility index (Phi) is 7.70. The molecule has 2 aliphatic heterocycles. The van der Waals surface area contributed by atoms with Gasteiger partial charge in [0.05, 0.1) is 12.5 Å². The zero-order valence-electron chi connectivity index (χ0n) is 20.6. The predicted octanol–water partition coefficient (Wildman–Crippen LogP) is 4.28. The fraction of sp³-hybridized carbons (Fsp3) is 0.290. The largest absolute Gasteiger partial charge is 0.297 e. The number of nitrogens with zero attached hydrogens (tertiary/aromatic N) is 3. The van der Waals surface area contributed by atoms with Crippen LogP contribution in [0, 0.1) is 0 Å². The molecule has 36 heavy (non-hydrogen) atoms. The van der Waals surface area contributed by atoms with Gasteiger partial charge in [-0.2, -0.15) is 0 Å². The van der Waals surface area contributed by atoms with Crippen LogP contribution in [0.1, 0.15) is 29.0 Å². The van der Waals surface area contributed by atoms with Gasteiger partial charge < -0.3 is 0 Å². The first kappa shape index (κ1) is 24.2. The molecular weight excluding hydrogens is 446 g/mol. The standard InChI is InChI=1S/C31H33N3O2/c35-30-23-29(33-21-19-32(20-22-33)18-10-13-25-11-4-1-5-12-25)31(36)34(30)24-28(26-14-6-2-7-15-26)27-16-8-3-9-17-27/h1-17,28-29H,18-24H2/b13-10+. The van der Waals surface area contributed by atoms with Crippen molar-refractivity contribution in [3.63, 3.8) is 0 Å². The summed E-state index contributed by atoms with van der Waals surface area (Å²) in [6.07, 6.45) is 4.63. The van der Waals surface area contributed by atoms with Gasteiger partial charge in [0.1, 0.15) is 0 Å². The molecule has 0 aliphatic carbocycles. The number of carbonyl (C=O) groups excluding carboxylic acids is 2. The molecule has 0 bridgehead atoms. The molecule has 5 heteroatoms. The molecule has 1 atom stereocenters. The van der Waals surface area contributed by atoms with Gasteiger partial charge in [-0.25, -0.2) is 0 Å².